The van der Waals surface area contributed by atoms with Crippen molar-refractivity contribution in [1.82, 2.24) is 0 Å². The van der Waals surface area contributed by atoms with Crippen molar-refractivity contribution in [1.29, 1.82) is 0 Å². The molecule has 0 saturated carbocycles. The fraction of sp³-hybridized carbons (Fsp3) is 0.0154. The first-order valence-corrected chi connectivity index (χ1v) is 22.8. The minimum Gasteiger partial charge on any atom is -0.310 e. The number of fused-ring (bicyclic) bond motifs is 4. The van der Waals surface area contributed by atoms with Crippen LogP contribution in [0.2, 0.25) is 0 Å². The summed E-state index contributed by atoms with van der Waals surface area (Å²) in [5.74, 6) is 0. The van der Waals surface area contributed by atoms with Crippen LogP contribution in [0, 0.1) is 0 Å². The molecule has 0 heterocycles. The molecule has 0 aliphatic heterocycles. The van der Waals surface area contributed by atoms with Gasteiger partial charge in [0.25, 0.3) is 0 Å². The van der Waals surface area contributed by atoms with Crippen LogP contribution in [0.1, 0.15) is 22.3 Å². The van der Waals surface area contributed by atoms with E-state index < -0.39 is 5.41 Å². The molecule has 1 nitrogen and oxygen atoms in total. The molecule has 0 spiro atoms. The quantitative estimate of drug-likeness (QED) is 0.140. The smallest absolute Gasteiger partial charge is 0.0714 e. The van der Waals surface area contributed by atoms with E-state index in [-0.39, 0.29) is 0 Å². The largest absolute Gasteiger partial charge is 0.310 e. The molecule has 0 radical (unpaired) electrons. The molecule has 1 aliphatic carbocycles. The molecule has 66 heavy (non-hydrogen) atoms. The van der Waals surface area contributed by atoms with E-state index in [1.54, 1.807) is 0 Å². The van der Waals surface area contributed by atoms with Crippen molar-refractivity contribution >= 4 is 27.8 Å². The first-order chi connectivity index (χ1) is 32.7. The second kappa shape index (κ2) is 16.6. The van der Waals surface area contributed by atoms with Gasteiger partial charge in [-0.2, -0.15) is 0 Å². The zero-order chi connectivity index (χ0) is 43.9. The fourth-order valence-corrected chi connectivity index (χ4v) is 10.5. The van der Waals surface area contributed by atoms with E-state index in [2.05, 4.69) is 278 Å². The molecule has 12 rings (SSSR count). The highest BCUT2D eigenvalue weighted by Crippen LogP contribution is 2.57. The van der Waals surface area contributed by atoms with Crippen LogP contribution in [0.5, 0.6) is 0 Å². The summed E-state index contributed by atoms with van der Waals surface area (Å²) in [6.07, 6.45) is 0. The Morgan fingerprint density at radius 1 is 0.242 bits per heavy atom. The lowest BCUT2D eigenvalue weighted by molar-refractivity contribution is 0.768. The Balaban J connectivity index is 1.03. The predicted octanol–water partition coefficient (Wildman–Crippen LogP) is 17.3. The summed E-state index contributed by atoms with van der Waals surface area (Å²) in [6, 6.07) is 100. The first-order valence-electron chi connectivity index (χ1n) is 22.8. The summed E-state index contributed by atoms with van der Waals surface area (Å²) in [5, 5.41) is 2.50. The van der Waals surface area contributed by atoms with Gasteiger partial charge in [-0.25, -0.2) is 0 Å². The number of anilines is 3. The van der Waals surface area contributed by atoms with Crippen molar-refractivity contribution < 1.29 is 0 Å². The molecular formula is C65H45N. The van der Waals surface area contributed by atoms with Gasteiger partial charge in [0.2, 0.25) is 0 Å². The average Bonchev–Trinajstić information content (AvgIpc) is 3.70. The molecule has 1 heteroatoms. The molecule has 11 aromatic carbocycles. The minimum atomic E-state index is -0.520. The van der Waals surface area contributed by atoms with Crippen LogP contribution >= 0.6 is 0 Å². The molecule has 0 amide bonds. The zero-order valence-corrected chi connectivity index (χ0v) is 36.4. The van der Waals surface area contributed by atoms with Crippen LogP contribution in [0.25, 0.3) is 66.4 Å². The lowest BCUT2D eigenvalue weighted by atomic mass is 9.67. The first kappa shape index (κ1) is 39.1. The molecule has 0 unspecified atom stereocenters. The SMILES string of the molecule is c1ccc(-c2cccc(-c3ccc(N(c4cccc(-c5cccc(-c6cccc7ccccc67)c5)c4)c4ccc5c(c4)C(c4ccccc4)(c4ccccc4)c4ccccc4-5)cc3)c2)cc1. The maximum absolute atomic E-state index is 2.46. The van der Waals surface area contributed by atoms with Crippen molar-refractivity contribution in [3.63, 3.8) is 0 Å². The van der Waals surface area contributed by atoms with Crippen molar-refractivity contribution in [2.45, 2.75) is 5.41 Å². The second-order valence-corrected chi connectivity index (χ2v) is 17.2. The van der Waals surface area contributed by atoms with E-state index in [1.807, 2.05) is 0 Å². The van der Waals surface area contributed by atoms with Crippen LogP contribution in [-0.4, -0.2) is 0 Å². The summed E-state index contributed by atoms with van der Waals surface area (Å²) in [4.78, 5) is 2.44. The van der Waals surface area contributed by atoms with Crippen molar-refractivity contribution in [2.75, 3.05) is 4.90 Å². The molecule has 11 aromatic rings. The summed E-state index contributed by atoms with van der Waals surface area (Å²) in [7, 11) is 0. The maximum atomic E-state index is 2.46. The van der Waals surface area contributed by atoms with Gasteiger partial charge in [-0.05, 0) is 137 Å². The third kappa shape index (κ3) is 6.73. The van der Waals surface area contributed by atoms with Crippen LogP contribution in [0.4, 0.5) is 17.1 Å². The van der Waals surface area contributed by atoms with Gasteiger partial charge in [-0.3, -0.25) is 0 Å². The summed E-state index contributed by atoms with van der Waals surface area (Å²) >= 11 is 0. The van der Waals surface area contributed by atoms with E-state index in [0.29, 0.717) is 0 Å². The van der Waals surface area contributed by atoms with Gasteiger partial charge < -0.3 is 4.90 Å². The third-order valence-electron chi connectivity index (χ3n) is 13.5. The van der Waals surface area contributed by atoms with Gasteiger partial charge in [0, 0.05) is 17.1 Å². The minimum absolute atomic E-state index is 0.520. The van der Waals surface area contributed by atoms with E-state index in [1.165, 1.54) is 83.1 Å². The Morgan fingerprint density at radius 2 is 0.697 bits per heavy atom. The van der Waals surface area contributed by atoms with Gasteiger partial charge in [-0.1, -0.05) is 224 Å². The highest BCUT2D eigenvalue weighted by Gasteiger charge is 2.46. The van der Waals surface area contributed by atoms with E-state index >= 15 is 0 Å². The Bertz CT molecular complexity index is 3470. The van der Waals surface area contributed by atoms with Crippen LogP contribution < -0.4 is 4.90 Å². The maximum Gasteiger partial charge on any atom is 0.0714 e. The molecule has 310 valence electrons. The molecule has 0 bridgehead atoms. The van der Waals surface area contributed by atoms with Gasteiger partial charge in [-0.15, -0.1) is 0 Å². The second-order valence-electron chi connectivity index (χ2n) is 17.2. The van der Waals surface area contributed by atoms with E-state index in [9.17, 15) is 0 Å². The van der Waals surface area contributed by atoms with Crippen molar-refractivity contribution in [2.24, 2.45) is 0 Å². The lowest BCUT2D eigenvalue weighted by Gasteiger charge is -2.35. The Morgan fingerprint density at radius 3 is 1.42 bits per heavy atom. The molecule has 0 aromatic heterocycles. The highest BCUT2D eigenvalue weighted by atomic mass is 15.1. The number of benzene rings is 11. The number of hydrogen-bond acceptors (Lipinski definition) is 1. The van der Waals surface area contributed by atoms with Crippen LogP contribution in [0.15, 0.2) is 273 Å². The van der Waals surface area contributed by atoms with Gasteiger partial charge >= 0.3 is 0 Å². The summed E-state index contributed by atoms with van der Waals surface area (Å²) in [5.41, 5.74) is 19.9. The van der Waals surface area contributed by atoms with Crippen LogP contribution in [-0.2, 0) is 5.41 Å². The molecule has 0 fully saturated rings. The third-order valence-corrected chi connectivity index (χ3v) is 13.5. The van der Waals surface area contributed by atoms with Crippen LogP contribution in [0.3, 0.4) is 0 Å². The summed E-state index contributed by atoms with van der Waals surface area (Å²) in [6.45, 7) is 0. The van der Waals surface area contributed by atoms with Gasteiger partial charge in [0.1, 0.15) is 0 Å². The molecule has 0 atom stereocenters. The van der Waals surface area contributed by atoms with E-state index in [4.69, 9.17) is 0 Å². The van der Waals surface area contributed by atoms with Gasteiger partial charge in [0.05, 0.1) is 5.41 Å². The van der Waals surface area contributed by atoms with Gasteiger partial charge in [0.15, 0.2) is 0 Å². The Kier molecular flexibility index (Phi) is 9.81. The predicted molar refractivity (Wildman–Crippen MR) is 278 cm³/mol. The van der Waals surface area contributed by atoms with Crippen molar-refractivity contribution in [3.8, 4) is 55.6 Å². The number of nitrogens with zero attached hydrogens (tertiary/aromatic N) is 1. The highest BCUT2D eigenvalue weighted by molar-refractivity contribution is 5.97. The Hall–Kier alpha value is -8.52. The average molecular weight is 840 g/mol. The number of rotatable bonds is 9. The normalized spacial score (nSPS) is 12.4. The van der Waals surface area contributed by atoms with E-state index in [0.717, 1.165) is 22.6 Å². The molecular weight excluding hydrogens is 795 g/mol. The summed E-state index contributed by atoms with van der Waals surface area (Å²) < 4.78 is 0. The number of hydrogen-bond donors (Lipinski definition) is 0. The molecule has 0 N–H and O–H groups in total. The topological polar surface area (TPSA) is 3.24 Å². The Labute approximate surface area is 387 Å². The monoisotopic (exact) mass is 839 g/mol. The zero-order valence-electron chi connectivity index (χ0n) is 36.4. The fourth-order valence-electron chi connectivity index (χ4n) is 10.5. The standard InChI is InChI=1S/C65H45N/c1-4-18-46(19-5-1)49-22-14-23-50(42-49)47-36-38-56(39-37-47)66(57-31-16-25-52(44-57)51-24-15-26-53(43-51)60-34-17-21-48-20-10-11-32-59(48)60)58-40-41-62-61-33-12-13-35-63(61)65(64(62)45-58,54-27-6-2-7-28-54)55-29-8-3-9-30-55/h1-45H. The van der Waals surface area contributed by atoms with Crippen molar-refractivity contribution in [3.05, 3.63) is 295 Å². The lowest BCUT2D eigenvalue weighted by Crippen LogP contribution is -2.28. The molecule has 0 saturated heterocycles. The molecule has 1 aliphatic rings.